The van der Waals surface area contributed by atoms with Crippen LogP contribution in [0.5, 0.6) is 0 Å². The van der Waals surface area contributed by atoms with E-state index in [-0.39, 0.29) is 6.10 Å². The molecule has 6 nitrogen and oxygen atoms in total. The van der Waals surface area contributed by atoms with Gasteiger partial charge in [0, 0.05) is 43.5 Å². The summed E-state index contributed by atoms with van der Waals surface area (Å²) in [6.07, 6.45) is 13.5. The monoisotopic (exact) mass is 439 g/mol. The van der Waals surface area contributed by atoms with Gasteiger partial charge in [-0.3, -0.25) is 0 Å². The SMILES string of the molecule is CCCC(C)Cc1ncc2c(N3CCC[C@H](N(C)C)C3)ncc(C3CCC(O)CC3)c2n1. The number of piperidine rings is 1. The second-order valence-electron chi connectivity index (χ2n) is 10.4. The predicted octanol–water partition coefficient (Wildman–Crippen LogP) is 4.55. The smallest absolute Gasteiger partial charge is 0.139 e. The van der Waals surface area contributed by atoms with Crippen LogP contribution in [0.4, 0.5) is 5.82 Å². The van der Waals surface area contributed by atoms with E-state index < -0.39 is 0 Å². The zero-order valence-electron chi connectivity index (χ0n) is 20.4. The summed E-state index contributed by atoms with van der Waals surface area (Å²) >= 11 is 0. The number of aliphatic hydroxyl groups is 1. The third-order valence-corrected chi connectivity index (χ3v) is 7.55. The van der Waals surface area contributed by atoms with Crippen molar-refractivity contribution in [2.45, 2.75) is 89.7 Å². The first-order chi connectivity index (χ1) is 15.5. The van der Waals surface area contributed by atoms with Crippen molar-refractivity contribution >= 4 is 16.7 Å². The van der Waals surface area contributed by atoms with Gasteiger partial charge >= 0.3 is 0 Å². The molecule has 1 aliphatic heterocycles. The Morgan fingerprint density at radius 1 is 1.12 bits per heavy atom. The number of anilines is 1. The number of hydrogen-bond acceptors (Lipinski definition) is 6. The third-order valence-electron chi connectivity index (χ3n) is 7.55. The molecular weight excluding hydrogens is 398 g/mol. The van der Waals surface area contributed by atoms with Crippen molar-refractivity contribution in [1.82, 2.24) is 19.9 Å². The molecule has 32 heavy (non-hydrogen) atoms. The van der Waals surface area contributed by atoms with Crippen molar-refractivity contribution in [2.24, 2.45) is 5.92 Å². The van der Waals surface area contributed by atoms with Gasteiger partial charge in [-0.05, 0) is 64.5 Å². The second-order valence-corrected chi connectivity index (χ2v) is 10.4. The Labute approximate surface area is 193 Å². The van der Waals surface area contributed by atoms with Crippen LogP contribution in [0.15, 0.2) is 12.4 Å². The molecule has 3 heterocycles. The van der Waals surface area contributed by atoms with Crippen LogP contribution in [-0.2, 0) is 6.42 Å². The standard InChI is InChI=1S/C26H41N5O/c1-5-7-18(2)14-24-27-16-23-25(29-24)22(19-9-11-21(32)12-10-19)15-28-26(23)31-13-6-8-20(17-31)30(3)4/h15-16,18-21,32H,5-14,17H2,1-4H3/t18?,19?,20-,21?/m0/s1. The van der Waals surface area contributed by atoms with Crippen molar-refractivity contribution in [1.29, 1.82) is 0 Å². The highest BCUT2D eigenvalue weighted by atomic mass is 16.3. The number of nitrogens with zero attached hydrogens (tertiary/aromatic N) is 5. The molecule has 2 aliphatic rings. The van der Waals surface area contributed by atoms with E-state index in [2.05, 4.69) is 43.9 Å². The van der Waals surface area contributed by atoms with Gasteiger partial charge in [0.1, 0.15) is 11.6 Å². The number of likely N-dealkylation sites (N-methyl/N-ethyl adjacent to an activating group) is 1. The zero-order chi connectivity index (χ0) is 22.7. The lowest BCUT2D eigenvalue weighted by Gasteiger charge is -2.37. The molecule has 0 aromatic carbocycles. The average Bonchev–Trinajstić information content (AvgIpc) is 2.79. The quantitative estimate of drug-likeness (QED) is 0.683. The normalized spacial score (nSPS) is 25.4. The predicted molar refractivity (Wildman–Crippen MR) is 131 cm³/mol. The summed E-state index contributed by atoms with van der Waals surface area (Å²) in [5.74, 6) is 3.01. The largest absolute Gasteiger partial charge is 0.393 e. The van der Waals surface area contributed by atoms with Gasteiger partial charge in [-0.25, -0.2) is 15.0 Å². The first kappa shape index (κ1) is 23.4. The van der Waals surface area contributed by atoms with Crippen LogP contribution >= 0.6 is 0 Å². The highest BCUT2D eigenvalue weighted by Crippen LogP contribution is 2.38. The fourth-order valence-electron chi connectivity index (χ4n) is 5.57. The molecular formula is C26H41N5O. The van der Waals surface area contributed by atoms with E-state index in [9.17, 15) is 5.11 Å². The van der Waals surface area contributed by atoms with Crippen molar-refractivity contribution in [2.75, 3.05) is 32.1 Å². The molecule has 1 saturated heterocycles. The van der Waals surface area contributed by atoms with Gasteiger partial charge in [0.05, 0.1) is 17.0 Å². The molecule has 1 saturated carbocycles. The van der Waals surface area contributed by atoms with Crippen molar-refractivity contribution < 1.29 is 5.11 Å². The van der Waals surface area contributed by atoms with Crippen molar-refractivity contribution in [3.8, 4) is 0 Å². The molecule has 1 unspecified atom stereocenters. The molecule has 1 aliphatic carbocycles. The number of aromatic nitrogens is 3. The van der Waals surface area contributed by atoms with Crippen LogP contribution in [0.1, 0.15) is 82.5 Å². The average molecular weight is 440 g/mol. The molecule has 2 fully saturated rings. The Morgan fingerprint density at radius 2 is 1.91 bits per heavy atom. The lowest BCUT2D eigenvalue weighted by molar-refractivity contribution is 0.122. The van der Waals surface area contributed by atoms with Gasteiger partial charge in [-0.2, -0.15) is 0 Å². The molecule has 1 N–H and O–H groups in total. The Kier molecular flexibility index (Phi) is 7.62. The van der Waals surface area contributed by atoms with E-state index in [0.717, 1.165) is 67.7 Å². The fourth-order valence-corrected chi connectivity index (χ4v) is 5.57. The summed E-state index contributed by atoms with van der Waals surface area (Å²) in [7, 11) is 4.35. The van der Waals surface area contributed by atoms with E-state index in [1.165, 1.54) is 31.2 Å². The summed E-state index contributed by atoms with van der Waals surface area (Å²) in [5.41, 5.74) is 2.35. The Hall–Kier alpha value is -1.79. The summed E-state index contributed by atoms with van der Waals surface area (Å²) in [4.78, 5) is 19.7. The Bertz CT molecular complexity index is 893. The maximum atomic E-state index is 10.0. The van der Waals surface area contributed by atoms with Crippen LogP contribution in [0.2, 0.25) is 0 Å². The van der Waals surface area contributed by atoms with Crippen LogP contribution < -0.4 is 4.90 Å². The lowest BCUT2D eigenvalue weighted by atomic mass is 9.82. The minimum Gasteiger partial charge on any atom is -0.393 e. The molecule has 2 aromatic rings. The number of hydrogen-bond donors (Lipinski definition) is 1. The number of rotatable bonds is 7. The topological polar surface area (TPSA) is 65.4 Å². The van der Waals surface area contributed by atoms with Gasteiger partial charge in [0.15, 0.2) is 0 Å². The van der Waals surface area contributed by atoms with Crippen LogP contribution in [-0.4, -0.2) is 64.3 Å². The molecule has 2 aromatic heterocycles. The number of pyridine rings is 1. The van der Waals surface area contributed by atoms with E-state index in [1.807, 2.05) is 6.20 Å². The summed E-state index contributed by atoms with van der Waals surface area (Å²) in [6, 6.07) is 0.551. The van der Waals surface area contributed by atoms with Crippen LogP contribution in [0, 0.1) is 5.92 Å². The minimum atomic E-state index is -0.152. The van der Waals surface area contributed by atoms with Gasteiger partial charge < -0.3 is 14.9 Å². The van der Waals surface area contributed by atoms with E-state index in [1.54, 1.807) is 0 Å². The third kappa shape index (κ3) is 5.23. The van der Waals surface area contributed by atoms with Gasteiger partial charge in [0.25, 0.3) is 0 Å². The van der Waals surface area contributed by atoms with Gasteiger partial charge in [0.2, 0.25) is 0 Å². The molecule has 4 rings (SSSR count). The van der Waals surface area contributed by atoms with Crippen molar-refractivity contribution in [3.63, 3.8) is 0 Å². The molecule has 6 heteroatoms. The maximum absolute atomic E-state index is 10.0. The highest BCUT2D eigenvalue weighted by molar-refractivity contribution is 5.91. The van der Waals surface area contributed by atoms with E-state index >= 15 is 0 Å². The zero-order valence-corrected chi connectivity index (χ0v) is 20.4. The fraction of sp³-hybridized carbons (Fsp3) is 0.731. The minimum absolute atomic E-state index is 0.152. The number of aliphatic hydroxyl groups excluding tert-OH is 1. The second kappa shape index (κ2) is 10.4. The summed E-state index contributed by atoms with van der Waals surface area (Å²) < 4.78 is 0. The maximum Gasteiger partial charge on any atom is 0.139 e. The molecule has 2 atom stereocenters. The molecule has 0 bridgehead atoms. The summed E-state index contributed by atoms with van der Waals surface area (Å²) in [5, 5.41) is 11.1. The molecule has 176 valence electrons. The van der Waals surface area contributed by atoms with Crippen LogP contribution in [0.25, 0.3) is 10.9 Å². The molecule has 0 amide bonds. The van der Waals surface area contributed by atoms with E-state index in [0.29, 0.717) is 17.9 Å². The number of fused-ring (bicyclic) bond motifs is 1. The molecule has 0 radical (unpaired) electrons. The first-order valence-corrected chi connectivity index (χ1v) is 12.7. The van der Waals surface area contributed by atoms with E-state index in [4.69, 9.17) is 15.0 Å². The Balaban J connectivity index is 1.71. The summed E-state index contributed by atoms with van der Waals surface area (Å²) in [6.45, 7) is 6.58. The van der Waals surface area contributed by atoms with Gasteiger partial charge in [-0.15, -0.1) is 0 Å². The Morgan fingerprint density at radius 3 is 2.62 bits per heavy atom. The van der Waals surface area contributed by atoms with Crippen LogP contribution in [0.3, 0.4) is 0 Å². The van der Waals surface area contributed by atoms with Crippen molar-refractivity contribution in [3.05, 3.63) is 23.8 Å². The van der Waals surface area contributed by atoms with Gasteiger partial charge in [-0.1, -0.05) is 26.7 Å². The first-order valence-electron chi connectivity index (χ1n) is 12.7. The lowest BCUT2D eigenvalue weighted by Crippen LogP contribution is -2.45. The highest BCUT2D eigenvalue weighted by Gasteiger charge is 2.27. The molecule has 0 spiro atoms.